The molecule has 1 aliphatic carbocycles. The summed E-state index contributed by atoms with van der Waals surface area (Å²) in [7, 11) is 0. The van der Waals surface area contributed by atoms with E-state index in [4.69, 9.17) is 0 Å². The summed E-state index contributed by atoms with van der Waals surface area (Å²) in [5, 5.41) is 3.19. The minimum atomic E-state index is -0.528. The van der Waals surface area contributed by atoms with Gasteiger partial charge in [-0.15, -0.1) is 0 Å². The summed E-state index contributed by atoms with van der Waals surface area (Å²) in [6, 6.07) is 13.7. The number of hydrogen-bond donors (Lipinski definition) is 1. The fourth-order valence-corrected chi connectivity index (χ4v) is 4.62. The summed E-state index contributed by atoms with van der Waals surface area (Å²) in [5.41, 5.74) is 4.36. The second-order valence-electron chi connectivity index (χ2n) is 8.77. The number of halogens is 1. The van der Waals surface area contributed by atoms with E-state index in [0.717, 1.165) is 41.3 Å². The van der Waals surface area contributed by atoms with Gasteiger partial charge in [-0.3, -0.25) is 9.59 Å². The van der Waals surface area contributed by atoms with Crippen molar-refractivity contribution in [2.75, 3.05) is 0 Å². The number of carbonyl (C=O) groups excluding carboxylic acids is 2. The molecule has 166 valence electrons. The molecule has 4 nitrogen and oxygen atoms in total. The van der Waals surface area contributed by atoms with Gasteiger partial charge >= 0.3 is 0 Å². The number of nitrogens with zero attached hydrogens (tertiary/aromatic N) is 1. The molecule has 1 fully saturated rings. The zero-order chi connectivity index (χ0) is 22.4. The summed E-state index contributed by atoms with van der Waals surface area (Å²) in [6.07, 6.45) is 5.91. The molecule has 3 rings (SSSR count). The highest BCUT2D eigenvalue weighted by molar-refractivity contribution is 9.10. The highest BCUT2D eigenvalue weighted by Crippen LogP contribution is 2.20. The van der Waals surface area contributed by atoms with Crippen LogP contribution in [-0.2, 0) is 22.6 Å². The van der Waals surface area contributed by atoms with Gasteiger partial charge in [-0.25, -0.2) is 0 Å². The smallest absolute Gasteiger partial charge is 0.242 e. The lowest BCUT2D eigenvalue weighted by Gasteiger charge is -2.31. The maximum atomic E-state index is 13.4. The maximum Gasteiger partial charge on any atom is 0.242 e. The molecule has 1 atom stereocenters. The molecular weight excluding hydrogens is 452 g/mol. The molecule has 0 aromatic heterocycles. The average molecular weight is 485 g/mol. The lowest BCUT2D eigenvalue weighted by atomic mass is 9.95. The Balaban J connectivity index is 1.77. The van der Waals surface area contributed by atoms with E-state index in [-0.39, 0.29) is 24.3 Å². The van der Waals surface area contributed by atoms with Gasteiger partial charge in [-0.05, 0) is 68.0 Å². The van der Waals surface area contributed by atoms with Crippen LogP contribution in [0.5, 0.6) is 0 Å². The van der Waals surface area contributed by atoms with E-state index in [1.807, 2.05) is 37.3 Å². The number of hydrogen-bond acceptors (Lipinski definition) is 2. The van der Waals surface area contributed by atoms with E-state index in [1.165, 1.54) is 17.5 Å². The molecule has 2 amide bonds. The van der Waals surface area contributed by atoms with Gasteiger partial charge in [0.05, 0.1) is 6.42 Å². The molecule has 0 bridgehead atoms. The van der Waals surface area contributed by atoms with E-state index < -0.39 is 6.04 Å². The van der Waals surface area contributed by atoms with Gasteiger partial charge in [-0.1, -0.05) is 65.5 Å². The number of benzene rings is 2. The second-order valence-corrected chi connectivity index (χ2v) is 9.68. The topological polar surface area (TPSA) is 49.4 Å². The van der Waals surface area contributed by atoms with E-state index >= 15 is 0 Å². The van der Waals surface area contributed by atoms with Crippen LogP contribution in [0.4, 0.5) is 0 Å². The van der Waals surface area contributed by atoms with Crippen molar-refractivity contribution in [3.63, 3.8) is 0 Å². The summed E-state index contributed by atoms with van der Waals surface area (Å²) >= 11 is 3.51. The fraction of sp³-hybridized carbons (Fsp3) is 0.462. The Kier molecular flexibility index (Phi) is 8.30. The van der Waals surface area contributed by atoms with Crippen LogP contribution in [0.25, 0.3) is 0 Å². The lowest BCUT2D eigenvalue weighted by molar-refractivity contribution is -0.140. The molecule has 0 heterocycles. The standard InChI is InChI=1S/C26H33BrN2O2/c1-18-12-13-21(14-19(18)2)16-25(30)29(17-22-8-7-9-23(27)15-22)20(3)26(31)28-24-10-5-4-6-11-24/h7-9,12-15,20,24H,4-6,10-11,16-17H2,1-3H3,(H,28,31)/t20-/m1/s1. The normalized spacial score (nSPS) is 15.4. The van der Waals surface area contributed by atoms with E-state index in [2.05, 4.69) is 47.2 Å². The predicted octanol–water partition coefficient (Wildman–Crippen LogP) is 5.47. The summed E-state index contributed by atoms with van der Waals surface area (Å²) in [5.74, 6) is -0.0927. The van der Waals surface area contributed by atoms with Crippen LogP contribution >= 0.6 is 15.9 Å². The van der Waals surface area contributed by atoms with Gasteiger partial charge in [0.25, 0.3) is 0 Å². The Morgan fingerprint density at radius 1 is 1.03 bits per heavy atom. The first-order valence-electron chi connectivity index (χ1n) is 11.2. The molecule has 31 heavy (non-hydrogen) atoms. The van der Waals surface area contributed by atoms with Crippen molar-refractivity contribution in [2.45, 2.75) is 77.9 Å². The third-order valence-electron chi connectivity index (χ3n) is 6.29. The maximum absolute atomic E-state index is 13.4. The zero-order valence-corrected chi connectivity index (χ0v) is 20.4. The number of carbonyl (C=O) groups is 2. The van der Waals surface area contributed by atoms with Crippen molar-refractivity contribution in [3.05, 3.63) is 69.2 Å². The van der Waals surface area contributed by atoms with Gasteiger partial charge in [-0.2, -0.15) is 0 Å². The molecule has 0 unspecified atom stereocenters. The molecule has 0 saturated heterocycles. The van der Waals surface area contributed by atoms with Crippen LogP contribution < -0.4 is 5.32 Å². The molecule has 0 spiro atoms. The fourth-order valence-electron chi connectivity index (χ4n) is 4.17. The van der Waals surface area contributed by atoms with Crippen molar-refractivity contribution >= 4 is 27.7 Å². The number of amides is 2. The van der Waals surface area contributed by atoms with Crippen molar-refractivity contribution in [2.24, 2.45) is 0 Å². The van der Waals surface area contributed by atoms with Gasteiger partial charge in [0, 0.05) is 17.1 Å². The first kappa shape index (κ1) is 23.5. The Labute approximate surface area is 194 Å². The van der Waals surface area contributed by atoms with Crippen LogP contribution in [0.2, 0.25) is 0 Å². The van der Waals surface area contributed by atoms with Crippen LogP contribution in [0.1, 0.15) is 61.3 Å². The molecule has 1 N–H and O–H groups in total. The minimum Gasteiger partial charge on any atom is -0.352 e. The van der Waals surface area contributed by atoms with Gasteiger partial charge in [0.15, 0.2) is 0 Å². The summed E-state index contributed by atoms with van der Waals surface area (Å²) in [4.78, 5) is 28.1. The monoisotopic (exact) mass is 484 g/mol. The Morgan fingerprint density at radius 3 is 2.45 bits per heavy atom. The molecular formula is C26H33BrN2O2. The van der Waals surface area contributed by atoms with Gasteiger partial charge < -0.3 is 10.2 Å². The van der Waals surface area contributed by atoms with E-state index in [1.54, 1.807) is 4.90 Å². The molecule has 0 radical (unpaired) electrons. The highest BCUT2D eigenvalue weighted by atomic mass is 79.9. The van der Waals surface area contributed by atoms with E-state index in [9.17, 15) is 9.59 Å². The lowest BCUT2D eigenvalue weighted by Crippen LogP contribution is -2.50. The van der Waals surface area contributed by atoms with Gasteiger partial charge in [0.2, 0.25) is 11.8 Å². The quantitative estimate of drug-likeness (QED) is 0.565. The van der Waals surface area contributed by atoms with Crippen LogP contribution in [0.15, 0.2) is 46.9 Å². The summed E-state index contributed by atoms with van der Waals surface area (Å²) < 4.78 is 0.964. The molecule has 5 heteroatoms. The Hall–Kier alpha value is -2.14. The first-order valence-corrected chi connectivity index (χ1v) is 12.0. The largest absolute Gasteiger partial charge is 0.352 e. The first-order chi connectivity index (χ1) is 14.8. The van der Waals surface area contributed by atoms with Gasteiger partial charge in [0.1, 0.15) is 6.04 Å². The predicted molar refractivity (Wildman–Crippen MR) is 129 cm³/mol. The molecule has 1 aliphatic rings. The van der Waals surface area contributed by atoms with Crippen molar-refractivity contribution in [3.8, 4) is 0 Å². The summed E-state index contributed by atoms with van der Waals surface area (Å²) in [6.45, 7) is 6.37. The third kappa shape index (κ3) is 6.67. The minimum absolute atomic E-state index is 0.0328. The Bertz CT molecular complexity index is 921. The zero-order valence-electron chi connectivity index (χ0n) is 18.8. The Morgan fingerprint density at radius 2 is 1.77 bits per heavy atom. The molecule has 2 aromatic rings. The van der Waals surface area contributed by atoms with Crippen molar-refractivity contribution < 1.29 is 9.59 Å². The molecule has 2 aromatic carbocycles. The molecule has 1 saturated carbocycles. The third-order valence-corrected chi connectivity index (χ3v) is 6.78. The van der Waals surface area contributed by atoms with Crippen molar-refractivity contribution in [1.29, 1.82) is 0 Å². The SMILES string of the molecule is Cc1ccc(CC(=O)N(Cc2cccc(Br)c2)[C@H](C)C(=O)NC2CCCCC2)cc1C. The van der Waals surface area contributed by atoms with Crippen molar-refractivity contribution in [1.82, 2.24) is 10.2 Å². The highest BCUT2D eigenvalue weighted by Gasteiger charge is 2.28. The van der Waals surface area contributed by atoms with E-state index in [0.29, 0.717) is 6.54 Å². The van der Waals surface area contributed by atoms with Crippen LogP contribution in [0.3, 0.4) is 0 Å². The van der Waals surface area contributed by atoms with Crippen LogP contribution in [0, 0.1) is 13.8 Å². The number of aryl methyl sites for hydroxylation is 2. The number of nitrogens with one attached hydrogen (secondary N) is 1. The van der Waals surface area contributed by atoms with Crippen LogP contribution in [-0.4, -0.2) is 28.8 Å². The molecule has 0 aliphatic heterocycles. The second kappa shape index (κ2) is 10.9. The average Bonchev–Trinajstić information content (AvgIpc) is 2.75. The number of rotatable bonds is 7.